The number of rotatable bonds is 5. The number of fused-ring (bicyclic) bond motifs is 1. The zero-order valence-electron chi connectivity index (χ0n) is 16.4. The van der Waals surface area contributed by atoms with Gasteiger partial charge in [0.2, 0.25) is 0 Å². The van der Waals surface area contributed by atoms with Crippen molar-refractivity contribution < 1.29 is 13.2 Å². The van der Waals surface area contributed by atoms with Crippen molar-refractivity contribution in [3.05, 3.63) is 46.7 Å². The molecule has 2 atom stereocenters. The molecule has 6 nitrogen and oxygen atoms in total. The van der Waals surface area contributed by atoms with Crippen LogP contribution in [0.1, 0.15) is 48.9 Å². The third kappa shape index (κ3) is 4.74. The first kappa shape index (κ1) is 20.4. The molecule has 1 aliphatic carbocycles. The first-order valence-electron chi connectivity index (χ1n) is 9.76. The Morgan fingerprint density at radius 1 is 1.32 bits per heavy atom. The number of carbonyl (C=O) groups excluding carboxylic acids is 1. The molecule has 1 amide bonds. The topological polar surface area (TPSA) is 90.3 Å². The van der Waals surface area contributed by atoms with Gasteiger partial charge in [0.1, 0.15) is 11.6 Å². The lowest BCUT2D eigenvalue weighted by atomic mass is 9.89. The summed E-state index contributed by atoms with van der Waals surface area (Å²) in [5.41, 5.74) is 3.75. The molecular weight excluding hydrogens is 374 g/mol. The van der Waals surface area contributed by atoms with E-state index in [1.54, 1.807) is 11.9 Å². The van der Waals surface area contributed by atoms with Crippen LogP contribution in [0.3, 0.4) is 0 Å². The second-order valence-corrected chi connectivity index (χ2v) is 10.0. The van der Waals surface area contributed by atoms with Crippen LogP contribution in [0.4, 0.5) is 0 Å². The van der Waals surface area contributed by atoms with Crippen LogP contribution in [0.15, 0.2) is 30.0 Å². The van der Waals surface area contributed by atoms with Gasteiger partial charge < -0.3 is 10.2 Å². The molecule has 1 aromatic carbocycles. The minimum absolute atomic E-state index is 0.0170. The minimum Gasteiger partial charge on any atom is -0.375 e. The molecule has 1 aromatic rings. The maximum atomic E-state index is 12.6. The van der Waals surface area contributed by atoms with Crippen LogP contribution in [0.25, 0.3) is 0 Å². The minimum atomic E-state index is -3.02. The standard InChI is InChI=1S/C21H27N3O3S/c1-15(17-8-7-16-5-3-4-6-18(16)11-17)23-21(25)19(12-22)13-24(2)20-9-10-28(26,27)14-20/h7-8,11,13,15,20H,3-6,9-10,14H2,1-2H3,(H,23,25)/b19-13-. The van der Waals surface area contributed by atoms with E-state index >= 15 is 0 Å². The van der Waals surface area contributed by atoms with Gasteiger partial charge in [0.25, 0.3) is 5.91 Å². The molecule has 150 valence electrons. The molecule has 0 saturated carbocycles. The van der Waals surface area contributed by atoms with Crippen molar-refractivity contribution >= 4 is 15.7 Å². The van der Waals surface area contributed by atoms with E-state index in [0.29, 0.717) is 6.42 Å². The van der Waals surface area contributed by atoms with Gasteiger partial charge in [-0.25, -0.2) is 8.42 Å². The fourth-order valence-corrected chi connectivity index (χ4v) is 5.71. The Morgan fingerprint density at radius 2 is 2.04 bits per heavy atom. The predicted octanol–water partition coefficient (Wildman–Crippen LogP) is 2.27. The molecule has 2 unspecified atom stereocenters. The van der Waals surface area contributed by atoms with E-state index in [2.05, 4.69) is 17.4 Å². The van der Waals surface area contributed by atoms with Gasteiger partial charge in [0.15, 0.2) is 9.84 Å². The van der Waals surface area contributed by atoms with Gasteiger partial charge in [-0.15, -0.1) is 0 Å². The summed E-state index contributed by atoms with van der Waals surface area (Å²) in [4.78, 5) is 14.3. The molecular formula is C21H27N3O3S. The lowest BCUT2D eigenvalue weighted by Gasteiger charge is -2.22. The van der Waals surface area contributed by atoms with Crippen molar-refractivity contribution in [2.45, 2.75) is 51.1 Å². The van der Waals surface area contributed by atoms with Gasteiger partial charge in [-0.05, 0) is 55.7 Å². The second-order valence-electron chi connectivity index (χ2n) is 7.81. The number of hydrogen-bond acceptors (Lipinski definition) is 5. The molecule has 1 heterocycles. The second kappa shape index (κ2) is 8.36. The van der Waals surface area contributed by atoms with E-state index in [-0.39, 0.29) is 29.2 Å². The van der Waals surface area contributed by atoms with Crippen LogP contribution in [-0.2, 0) is 27.5 Å². The highest BCUT2D eigenvalue weighted by atomic mass is 32.2. The van der Waals surface area contributed by atoms with Gasteiger partial charge >= 0.3 is 0 Å². The summed E-state index contributed by atoms with van der Waals surface area (Å²) in [6.45, 7) is 1.91. The SMILES string of the molecule is CC(NC(=O)/C(C#N)=C\N(C)C1CCS(=O)(=O)C1)c1ccc2c(c1)CCCC2. The highest BCUT2D eigenvalue weighted by Gasteiger charge is 2.30. The summed E-state index contributed by atoms with van der Waals surface area (Å²) < 4.78 is 23.3. The van der Waals surface area contributed by atoms with Crippen molar-refractivity contribution in [2.75, 3.05) is 18.6 Å². The summed E-state index contributed by atoms with van der Waals surface area (Å²) in [6, 6.07) is 7.87. The maximum absolute atomic E-state index is 12.6. The van der Waals surface area contributed by atoms with Gasteiger partial charge in [0, 0.05) is 19.3 Å². The van der Waals surface area contributed by atoms with Crippen LogP contribution in [0, 0.1) is 11.3 Å². The third-order valence-electron chi connectivity index (χ3n) is 5.70. The van der Waals surface area contributed by atoms with E-state index in [0.717, 1.165) is 18.4 Å². The van der Waals surface area contributed by atoms with Crippen LogP contribution >= 0.6 is 0 Å². The normalized spacial score (nSPS) is 22.0. The number of sulfone groups is 1. The maximum Gasteiger partial charge on any atom is 0.263 e. The summed E-state index contributed by atoms with van der Waals surface area (Å²) in [5.74, 6) is -0.231. The Balaban J connectivity index is 1.67. The van der Waals surface area contributed by atoms with Crippen molar-refractivity contribution in [2.24, 2.45) is 0 Å². The van der Waals surface area contributed by atoms with Gasteiger partial charge in [-0.3, -0.25) is 4.79 Å². The summed E-state index contributed by atoms with van der Waals surface area (Å²) in [7, 11) is -1.31. The molecule has 1 saturated heterocycles. The Kier molecular flexibility index (Phi) is 6.09. The summed E-state index contributed by atoms with van der Waals surface area (Å²) >= 11 is 0. The Hall–Kier alpha value is -2.33. The lowest BCUT2D eigenvalue weighted by Crippen LogP contribution is -2.32. The highest BCUT2D eigenvalue weighted by molar-refractivity contribution is 7.91. The average Bonchev–Trinajstić information content (AvgIpc) is 3.05. The molecule has 0 radical (unpaired) electrons. The number of carbonyl (C=O) groups is 1. The first-order valence-corrected chi connectivity index (χ1v) is 11.6. The van der Waals surface area contributed by atoms with E-state index in [1.165, 1.54) is 30.2 Å². The van der Waals surface area contributed by atoms with E-state index in [4.69, 9.17) is 0 Å². The highest BCUT2D eigenvalue weighted by Crippen LogP contribution is 2.25. The number of nitrogens with one attached hydrogen (secondary N) is 1. The molecule has 1 N–H and O–H groups in total. The number of benzene rings is 1. The van der Waals surface area contributed by atoms with Crippen molar-refractivity contribution in [1.29, 1.82) is 5.26 Å². The molecule has 0 spiro atoms. The fourth-order valence-electron chi connectivity index (χ4n) is 3.92. The van der Waals surface area contributed by atoms with Crippen molar-refractivity contribution in [3.63, 3.8) is 0 Å². The largest absolute Gasteiger partial charge is 0.375 e. The van der Waals surface area contributed by atoms with Crippen molar-refractivity contribution in [1.82, 2.24) is 10.2 Å². The first-order chi connectivity index (χ1) is 13.3. The fraction of sp³-hybridized carbons (Fsp3) is 0.524. The predicted molar refractivity (Wildman–Crippen MR) is 108 cm³/mol. The van der Waals surface area contributed by atoms with Crippen LogP contribution in [0.2, 0.25) is 0 Å². The lowest BCUT2D eigenvalue weighted by molar-refractivity contribution is -0.117. The molecule has 2 aliphatic rings. The van der Waals surface area contributed by atoms with Gasteiger partial charge in [0.05, 0.1) is 17.5 Å². The molecule has 0 aromatic heterocycles. The number of nitriles is 1. The van der Waals surface area contributed by atoms with Gasteiger partial charge in [-0.2, -0.15) is 5.26 Å². The number of aryl methyl sites for hydroxylation is 2. The van der Waals surface area contributed by atoms with E-state index in [1.807, 2.05) is 19.1 Å². The molecule has 1 fully saturated rings. The zero-order chi connectivity index (χ0) is 20.3. The van der Waals surface area contributed by atoms with Crippen LogP contribution in [-0.4, -0.2) is 43.8 Å². The third-order valence-corrected chi connectivity index (χ3v) is 7.45. The number of amides is 1. The Labute approximate surface area is 167 Å². The molecule has 7 heteroatoms. The summed E-state index contributed by atoms with van der Waals surface area (Å²) in [6.07, 6.45) is 6.58. The Bertz CT molecular complexity index is 931. The van der Waals surface area contributed by atoms with Crippen LogP contribution < -0.4 is 5.32 Å². The molecule has 1 aliphatic heterocycles. The molecule has 0 bridgehead atoms. The smallest absolute Gasteiger partial charge is 0.263 e. The number of hydrogen-bond donors (Lipinski definition) is 1. The molecule has 28 heavy (non-hydrogen) atoms. The van der Waals surface area contributed by atoms with E-state index in [9.17, 15) is 18.5 Å². The molecule has 3 rings (SSSR count). The monoisotopic (exact) mass is 401 g/mol. The van der Waals surface area contributed by atoms with E-state index < -0.39 is 15.7 Å². The van der Waals surface area contributed by atoms with Gasteiger partial charge in [-0.1, -0.05) is 18.2 Å². The van der Waals surface area contributed by atoms with Crippen LogP contribution in [0.5, 0.6) is 0 Å². The number of nitrogens with zero attached hydrogens (tertiary/aromatic N) is 2. The average molecular weight is 402 g/mol. The van der Waals surface area contributed by atoms with Crippen molar-refractivity contribution in [3.8, 4) is 6.07 Å². The quantitative estimate of drug-likeness (QED) is 0.604. The zero-order valence-corrected chi connectivity index (χ0v) is 17.3. The Morgan fingerprint density at radius 3 is 2.68 bits per heavy atom. The summed E-state index contributed by atoms with van der Waals surface area (Å²) in [5, 5.41) is 12.3.